The summed E-state index contributed by atoms with van der Waals surface area (Å²) in [7, 11) is -3.95. The Morgan fingerprint density at radius 1 is 0.794 bits per heavy atom. The lowest BCUT2D eigenvalue weighted by molar-refractivity contribution is 0.170. The van der Waals surface area contributed by atoms with Crippen molar-refractivity contribution in [2.75, 3.05) is 6.54 Å². The molecule has 3 rings (SSSR count). The lowest BCUT2D eigenvalue weighted by Crippen LogP contribution is -2.38. The molecule has 0 unspecified atom stereocenters. The van der Waals surface area contributed by atoms with Crippen molar-refractivity contribution in [2.24, 2.45) is 0 Å². The van der Waals surface area contributed by atoms with E-state index in [0.29, 0.717) is 17.8 Å². The molecule has 0 fully saturated rings. The summed E-state index contributed by atoms with van der Waals surface area (Å²) < 4.78 is 32.0. The Kier molecular flexibility index (Phi) is 8.56. The van der Waals surface area contributed by atoms with Crippen LogP contribution >= 0.6 is 0 Å². The molecular weight excluding hydrogens is 442 g/mol. The van der Waals surface area contributed by atoms with Crippen molar-refractivity contribution in [3.05, 3.63) is 95.1 Å². The second-order valence-corrected chi connectivity index (χ2v) is 11.1. The molecule has 0 radical (unpaired) electrons. The summed E-state index contributed by atoms with van der Waals surface area (Å²) >= 11 is 0. The molecule has 1 atom stereocenters. The van der Waals surface area contributed by atoms with Gasteiger partial charge >= 0.3 is 10.1 Å². The Morgan fingerprint density at radius 2 is 1.38 bits per heavy atom. The van der Waals surface area contributed by atoms with Crippen LogP contribution in [0.4, 0.5) is 0 Å². The van der Waals surface area contributed by atoms with Crippen LogP contribution < -0.4 is 4.18 Å². The molecule has 0 spiro atoms. The molecule has 182 valence electrons. The van der Waals surface area contributed by atoms with Crippen molar-refractivity contribution in [1.82, 2.24) is 4.90 Å². The van der Waals surface area contributed by atoms with Gasteiger partial charge in [-0.3, -0.25) is 4.90 Å². The molecule has 5 heteroatoms. The van der Waals surface area contributed by atoms with Crippen molar-refractivity contribution in [1.29, 1.82) is 0 Å². The van der Waals surface area contributed by atoms with Crippen molar-refractivity contribution in [3.63, 3.8) is 0 Å². The van der Waals surface area contributed by atoms with Crippen LogP contribution in [0.25, 0.3) is 0 Å². The molecule has 0 aliphatic heterocycles. The predicted molar refractivity (Wildman–Crippen MR) is 140 cm³/mol. The van der Waals surface area contributed by atoms with Crippen LogP contribution in [-0.2, 0) is 10.1 Å². The van der Waals surface area contributed by atoms with E-state index in [1.807, 2.05) is 38.1 Å². The molecule has 3 aromatic rings. The normalized spacial score (nSPS) is 13.0. The molecule has 0 bridgehead atoms. The average molecular weight is 480 g/mol. The minimum atomic E-state index is -3.95. The van der Waals surface area contributed by atoms with E-state index in [4.69, 9.17) is 4.18 Å². The van der Waals surface area contributed by atoms with Gasteiger partial charge in [0.25, 0.3) is 0 Å². The number of hydrogen-bond acceptors (Lipinski definition) is 4. The molecule has 0 aromatic heterocycles. The van der Waals surface area contributed by atoms with E-state index in [2.05, 4.69) is 50.8 Å². The Balaban J connectivity index is 2.02. The molecule has 34 heavy (non-hydrogen) atoms. The fourth-order valence-electron chi connectivity index (χ4n) is 4.47. The van der Waals surface area contributed by atoms with Crippen molar-refractivity contribution in [3.8, 4) is 5.75 Å². The smallest absolute Gasteiger partial charge is 0.339 e. The van der Waals surface area contributed by atoms with Crippen LogP contribution in [0.15, 0.2) is 77.7 Å². The number of aryl methyl sites for hydroxylation is 2. The highest BCUT2D eigenvalue weighted by atomic mass is 32.2. The zero-order valence-corrected chi connectivity index (χ0v) is 22.0. The fraction of sp³-hybridized carbons (Fsp3) is 0.379. The van der Waals surface area contributed by atoms with E-state index in [0.717, 1.165) is 35.2 Å². The van der Waals surface area contributed by atoms with Gasteiger partial charge in [0.1, 0.15) is 10.6 Å². The zero-order valence-electron chi connectivity index (χ0n) is 21.2. The maximum absolute atomic E-state index is 13.1. The first-order chi connectivity index (χ1) is 16.1. The number of rotatable bonds is 10. The summed E-state index contributed by atoms with van der Waals surface area (Å²) in [4.78, 5) is 2.63. The van der Waals surface area contributed by atoms with E-state index >= 15 is 0 Å². The summed E-state index contributed by atoms with van der Waals surface area (Å²) in [6.07, 6.45) is 0.852. The van der Waals surface area contributed by atoms with E-state index in [1.165, 1.54) is 0 Å². The third kappa shape index (κ3) is 6.49. The van der Waals surface area contributed by atoms with Crippen LogP contribution in [0.3, 0.4) is 0 Å². The summed E-state index contributed by atoms with van der Waals surface area (Å²) in [5.74, 6) is 0.394. The molecule has 0 amide bonds. The van der Waals surface area contributed by atoms with Crippen LogP contribution in [0.1, 0.15) is 62.3 Å². The van der Waals surface area contributed by atoms with Crippen LogP contribution in [0.2, 0.25) is 0 Å². The minimum Gasteiger partial charge on any atom is -0.379 e. The minimum absolute atomic E-state index is 0.00400. The topological polar surface area (TPSA) is 46.6 Å². The summed E-state index contributed by atoms with van der Waals surface area (Å²) in [5, 5.41) is 0. The molecular formula is C29H37NO3S. The van der Waals surface area contributed by atoms with Gasteiger partial charge in [0, 0.05) is 23.6 Å². The van der Waals surface area contributed by atoms with E-state index in [1.54, 1.807) is 30.3 Å². The van der Waals surface area contributed by atoms with Crippen molar-refractivity contribution >= 4 is 10.1 Å². The zero-order chi connectivity index (χ0) is 24.9. The van der Waals surface area contributed by atoms with Crippen molar-refractivity contribution in [2.45, 2.75) is 70.9 Å². The van der Waals surface area contributed by atoms with Gasteiger partial charge in [0.05, 0.1) is 0 Å². The molecule has 0 heterocycles. The maximum atomic E-state index is 13.1. The predicted octanol–water partition coefficient (Wildman–Crippen LogP) is 6.71. The van der Waals surface area contributed by atoms with Gasteiger partial charge in [-0.05, 0) is 78.3 Å². The van der Waals surface area contributed by atoms with E-state index in [-0.39, 0.29) is 10.8 Å². The molecule has 0 aliphatic carbocycles. The third-order valence-electron chi connectivity index (χ3n) is 6.25. The number of nitrogens with zero attached hydrogens (tertiary/aromatic N) is 1. The second-order valence-electron chi connectivity index (χ2n) is 9.57. The fourth-order valence-corrected chi connectivity index (χ4v) is 5.42. The van der Waals surface area contributed by atoms with Gasteiger partial charge in [-0.15, -0.1) is 0 Å². The maximum Gasteiger partial charge on any atom is 0.339 e. The first kappa shape index (κ1) is 26.0. The Morgan fingerprint density at radius 3 is 1.97 bits per heavy atom. The monoisotopic (exact) mass is 479 g/mol. The van der Waals surface area contributed by atoms with E-state index in [9.17, 15) is 8.42 Å². The van der Waals surface area contributed by atoms with Crippen LogP contribution in [0, 0.1) is 13.8 Å². The number of benzene rings is 3. The van der Waals surface area contributed by atoms with Crippen LogP contribution in [0.5, 0.6) is 5.75 Å². The summed E-state index contributed by atoms with van der Waals surface area (Å²) in [6.45, 7) is 13.7. The summed E-state index contributed by atoms with van der Waals surface area (Å²) in [6, 6.07) is 23.6. The van der Waals surface area contributed by atoms with Gasteiger partial charge in [-0.1, -0.05) is 65.7 Å². The molecule has 0 aliphatic rings. The molecule has 0 saturated carbocycles. The quantitative estimate of drug-likeness (QED) is 0.303. The van der Waals surface area contributed by atoms with Gasteiger partial charge in [0.2, 0.25) is 0 Å². The van der Waals surface area contributed by atoms with Crippen LogP contribution in [-0.4, -0.2) is 31.9 Å². The lowest BCUT2D eigenvalue weighted by Gasteiger charge is -2.32. The first-order valence-electron chi connectivity index (χ1n) is 12.0. The highest BCUT2D eigenvalue weighted by Gasteiger charge is 2.25. The van der Waals surface area contributed by atoms with Gasteiger partial charge in [-0.2, -0.15) is 8.42 Å². The molecule has 3 aromatic carbocycles. The number of hydrogen-bond donors (Lipinski definition) is 0. The first-order valence-corrected chi connectivity index (χ1v) is 13.4. The Hall–Kier alpha value is -2.63. The highest BCUT2D eigenvalue weighted by molar-refractivity contribution is 7.87. The van der Waals surface area contributed by atoms with E-state index < -0.39 is 10.1 Å². The second kappa shape index (κ2) is 11.2. The van der Waals surface area contributed by atoms with Gasteiger partial charge in [-0.25, -0.2) is 0 Å². The molecule has 0 N–H and O–H groups in total. The molecule has 0 saturated heterocycles. The largest absolute Gasteiger partial charge is 0.379 e. The van der Waals surface area contributed by atoms with Crippen molar-refractivity contribution < 1.29 is 12.6 Å². The average Bonchev–Trinajstić information content (AvgIpc) is 2.78. The SMILES string of the molecule is Cc1ccc(S(=O)(=O)Oc2ccc(C)cc2[C@H](CCN(C(C)C)C(C)C)c2ccccc2)cc1. The standard InChI is InChI=1S/C29H37NO3S/c1-21(2)30(22(3)4)19-18-27(25-10-8-7-9-11-25)28-20-24(6)14-17-29(28)33-34(31,32)26-15-12-23(5)13-16-26/h7-17,20-22,27H,18-19H2,1-6H3/t27-/m1/s1. The van der Waals surface area contributed by atoms with Gasteiger partial charge < -0.3 is 4.18 Å². The Labute approximate surface area is 205 Å². The highest BCUT2D eigenvalue weighted by Crippen LogP contribution is 2.37. The lowest BCUT2D eigenvalue weighted by atomic mass is 9.87. The third-order valence-corrected chi connectivity index (χ3v) is 7.50. The van der Waals surface area contributed by atoms with Gasteiger partial charge in [0.15, 0.2) is 0 Å². The Bertz CT molecular complexity index is 1160. The molecule has 4 nitrogen and oxygen atoms in total. The summed E-state index contributed by atoms with van der Waals surface area (Å²) in [5.41, 5.74) is 4.12.